The molecule has 1 fully saturated rings. The van der Waals surface area contributed by atoms with E-state index < -0.39 is 0 Å². The maximum atomic E-state index is 5.52. The highest BCUT2D eigenvalue weighted by Crippen LogP contribution is 2.33. The highest BCUT2D eigenvalue weighted by molar-refractivity contribution is 5.77. The molecule has 2 aromatic carbocycles. The molecule has 4 rings (SSSR count). The van der Waals surface area contributed by atoms with Gasteiger partial charge in [-0.05, 0) is 17.7 Å². The van der Waals surface area contributed by atoms with Crippen LogP contribution in [0, 0.1) is 0 Å². The molecule has 1 aromatic heterocycles. The number of ether oxygens (including phenoxy) is 1. The Balaban J connectivity index is 1.85. The number of benzene rings is 2. The molecule has 0 aliphatic carbocycles. The topological polar surface area (TPSA) is 30.3 Å². The number of rotatable bonds is 3. The van der Waals surface area contributed by atoms with Gasteiger partial charge in [0.25, 0.3) is 0 Å². The Morgan fingerprint density at radius 2 is 1.48 bits per heavy atom. The Morgan fingerprint density at radius 1 is 0.826 bits per heavy atom. The molecule has 0 amide bonds. The van der Waals surface area contributed by atoms with Gasteiger partial charge in [-0.25, -0.2) is 4.68 Å². The summed E-state index contributed by atoms with van der Waals surface area (Å²) in [6, 6.07) is 20.7. The van der Waals surface area contributed by atoms with Crippen molar-refractivity contribution in [2.75, 3.05) is 31.2 Å². The summed E-state index contributed by atoms with van der Waals surface area (Å²) in [7, 11) is 0. The number of hydrogen-bond donors (Lipinski definition) is 0. The van der Waals surface area contributed by atoms with Gasteiger partial charge < -0.3 is 9.64 Å². The van der Waals surface area contributed by atoms with Gasteiger partial charge in [-0.3, -0.25) is 0 Å². The van der Waals surface area contributed by atoms with Crippen LogP contribution < -0.4 is 4.90 Å². The number of hydrogen-bond acceptors (Lipinski definition) is 3. The van der Waals surface area contributed by atoms with Crippen LogP contribution in [0.1, 0.15) is 0 Å². The molecule has 0 unspecified atom stereocenters. The van der Waals surface area contributed by atoms with E-state index >= 15 is 0 Å². The van der Waals surface area contributed by atoms with E-state index in [2.05, 4.69) is 46.4 Å². The van der Waals surface area contributed by atoms with Gasteiger partial charge in [0.2, 0.25) is 0 Å². The molecule has 0 atom stereocenters. The molecular formula is C19H19N3O. The molecule has 4 heteroatoms. The van der Waals surface area contributed by atoms with Gasteiger partial charge in [-0.15, -0.1) is 0 Å². The highest BCUT2D eigenvalue weighted by atomic mass is 16.5. The summed E-state index contributed by atoms with van der Waals surface area (Å²) < 4.78 is 7.55. The average molecular weight is 305 g/mol. The molecule has 1 aliphatic rings. The first-order chi connectivity index (χ1) is 11.4. The minimum atomic E-state index is 0.758. The van der Waals surface area contributed by atoms with Crippen LogP contribution in [0.2, 0.25) is 0 Å². The largest absolute Gasteiger partial charge is 0.378 e. The number of nitrogens with zero attached hydrogens (tertiary/aromatic N) is 3. The standard InChI is InChI=1S/C19H19N3O/c1-3-7-16(8-4-1)18-15-20-22(17-9-5-2-6-10-17)19(18)21-11-13-23-14-12-21/h1-10,15H,11-14H2. The summed E-state index contributed by atoms with van der Waals surface area (Å²) in [5.41, 5.74) is 3.43. The Kier molecular flexibility index (Phi) is 3.82. The van der Waals surface area contributed by atoms with Crippen LogP contribution in [-0.4, -0.2) is 36.1 Å². The lowest BCUT2D eigenvalue weighted by atomic mass is 10.1. The van der Waals surface area contributed by atoms with E-state index in [1.165, 1.54) is 5.56 Å². The van der Waals surface area contributed by atoms with Crippen molar-refractivity contribution in [2.24, 2.45) is 0 Å². The monoisotopic (exact) mass is 305 g/mol. The van der Waals surface area contributed by atoms with Gasteiger partial charge in [0, 0.05) is 18.7 Å². The Morgan fingerprint density at radius 3 is 2.17 bits per heavy atom. The van der Waals surface area contributed by atoms with E-state index in [9.17, 15) is 0 Å². The zero-order valence-corrected chi connectivity index (χ0v) is 12.9. The second-order valence-corrected chi connectivity index (χ2v) is 5.59. The van der Waals surface area contributed by atoms with E-state index in [-0.39, 0.29) is 0 Å². The predicted molar refractivity (Wildman–Crippen MR) is 92.0 cm³/mol. The minimum absolute atomic E-state index is 0.758. The first kappa shape index (κ1) is 14.0. The van der Waals surface area contributed by atoms with Crippen LogP contribution in [-0.2, 0) is 4.74 Å². The molecule has 0 saturated carbocycles. The molecule has 1 saturated heterocycles. The maximum absolute atomic E-state index is 5.52. The summed E-state index contributed by atoms with van der Waals surface area (Å²) in [5.74, 6) is 1.14. The third-order valence-corrected chi connectivity index (χ3v) is 4.14. The molecule has 23 heavy (non-hydrogen) atoms. The van der Waals surface area contributed by atoms with E-state index in [0.29, 0.717) is 0 Å². The maximum Gasteiger partial charge on any atom is 0.140 e. The molecule has 0 radical (unpaired) electrons. The van der Waals surface area contributed by atoms with Crippen molar-refractivity contribution in [3.05, 3.63) is 66.9 Å². The van der Waals surface area contributed by atoms with Gasteiger partial charge in [0.1, 0.15) is 5.82 Å². The fraction of sp³-hybridized carbons (Fsp3) is 0.211. The van der Waals surface area contributed by atoms with Crippen molar-refractivity contribution in [3.63, 3.8) is 0 Å². The van der Waals surface area contributed by atoms with Gasteiger partial charge in [-0.1, -0.05) is 48.5 Å². The summed E-state index contributed by atoms with van der Waals surface area (Å²) in [4.78, 5) is 2.37. The first-order valence-electron chi connectivity index (χ1n) is 7.95. The molecule has 0 N–H and O–H groups in total. The van der Waals surface area contributed by atoms with Crippen LogP contribution in [0.4, 0.5) is 5.82 Å². The van der Waals surface area contributed by atoms with Gasteiger partial charge in [0.05, 0.1) is 25.1 Å². The fourth-order valence-corrected chi connectivity index (χ4v) is 3.00. The van der Waals surface area contributed by atoms with Crippen LogP contribution >= 0.6 is 0 Å². The number of anilines is 1. The van der Waals surface area contributed by atoms with E-state index in [1.54, 1.807) is 0 Å². The number of para-hydroxylation sites is 1. The summed E-state index contributed by atoms with van der Waals surface area (Å²) in [5, 5.41) is 4.67. The second-order valence-electron chi connectivity index (χ2n) is 5.59. The molecule has 1 aliphatic heterocycles. The Bertz CT molecular complexity index is 705. The van der Waals surface area contributed by atoms with Crippen LogP contribution in [0.5, 0.6) is 0 Å². The summed E-state index contributed by atoms with van der Waals surface area (Å²) >= 11 is 0. The van der Waals surface area contributed by atoms with Gasteiger partial charge in [0.15, 0.2) is 0 Å². The number of morpholine rings is 1. The zero-order chi connectivity index (χ0) is 15.5. The van der Waals surface area contributed by atoms with E-state index in [1.807, 2.05) is 35.1 Å². The summed E-state index contributed by atoms with van der Waals surface area (Å²) in [6.45, 7) is 3.29. The molecule has 2 heterocycles. The number of aromatic nitrogens is 2. The Hall–Kier alpha value is -2.59. The lowest BCUT2D eigenvalue weighted by molar-refractivity contribution is 0.122. The Labute approximate surface area is 135 Å². The van der Waals surface area contributed by atoms with Gasteiger partial charge >= 0.3 is 0 Å². The first-order valence-corrected chi connectivity index (χ1v) is 7.95. The van der Waals surface area contributed by atoms with Crippen molar-refractivity contribution in [3.8, 4) is 16.8 Å². The van der Waals surface area contributed by atoms with Crippen molar-refractivity contribution >= 4 is 5.82 Å². The zero-order valence-electron chi connectivity index (χ0n) is 12.9. The highest BCUT2D eigenvalue weighted by Gasteiger charge is 2.21. The van der Waals surface area contributed by atoms with E-state index in [4.69, 9.17) is 4.74 Å². The van der Waals surface area contributed by atoms with Crippen molar-refractivity contribution < 1.29 is 4.74 Å². The summed E-state index contributed by atoms with van der Waals surface area (Å²) in [6.07, 6.45) is 1.97. The minimum Gasteiger partial charge on any atom is -0.378 e. The third-order valence-electron chi connectivity index (χ3n) is 4.14. The second kappa shape index (κ2) is 6.26. The lowest BCUT2D eigenvalue weighted by Crippen LogP contribution is -2.37. The normalized spacial score (nSPS) is 14.9. The molecule has 0 spiro atoms. The SMILES string of the molecule is c1ccc(-c2cnn(-c3ccccc3)c2N2CCOCC2)cc1. The predicted octanol–water partition coefficient (Wildman–Crippen LogP) is 3.38. The average Bonchev–Trinajstić information content (AvgIpc) is 3.09. The van der Waals surface area contributed by atoms with Crippen molar-refractivity contribution in [1.82, 2.24) is 9.78 Å². The molecule has 4 nitrogen and oxygen atoms in total. The van der Waals surface area contributed by atoms with Crippen LogP contribution in [0.3, 0.4) is 0 Å². The van der Waals surface area contributed by atoms with Crippen molar-refractivity contribution in [1.29, 1.82) is 0 Å². The molecule has 0 bridgehead atoms. The quantitative estimate of drug-likeness (QED) is 0.743. The van der Waals surface area contributed by atoms with Crippen LogP contribution in [0.15, 0.2) is 66.9 Å². The molecule has 116 valence electrons. The fourth-order valence-electron chi connectivity index (χ4n) is 3.00. The molecular weight excluding hydrogens is 286 g/mol. The third kappa shape index (κ3) is 2.73. The van der Waals surface area contributed by atoms with Gasteiger partial charge in [-0.2, -0.15) is 5.10 Å². The lowest BCUT2D eigenvalue weighted by Gasteiger charge is -2.30. The van der Waals surface area contributed by atoms with Crippen LogP contribution in [0.25, 0.3) is 16.8 Å². The smallest absolute Gasteiger partial charge is 0.140 e. The molecule has 3 aromatic rings. The van der Waals surface area contributed by atoms with E-state index in [0.717, 1.165) is 43.4 Å². The van der Waals surface area contributed by atoms with Crippen molar-refractivity contribution in [2.45, 2.75) is 0 Å².